The van der Waals surface area contributed by atoms with E-state index in [-0.39, 0.29) is 35.3 Å². The second-order valence-electron chi connectivity index (χ2n) is 9.50. The molecule has 1 aliphatic heterocycles. The van der Waals surface area contributed by atoms with Crippen LogP contribution in [0, 0.1) is 11.3 Å². The number of halogens is 1. The van der Waals surface area contributed by atoms with Crippen LogP contribution in [0.25, 0.3) is 0 Å². The van der Waals surface area contributed by atoms with Crippen LogP contribution in [0.3, 0.4) is 0 Å². The van der Waals surface area contributed by atoms with E-state index in [1.54, 1.807) is 0 Å². The summed E-state index contributed by atoms with van der Waals surface area (Å²) < 4.78 is 6.10. The number of likely N-dealkylation sites (tertiary alicyclic amines) is 1. The van der Waals surface area contributed by atoms with Crippen molar-refractivity contribution < 1.29 is 9.53 Å². The molecule has 2 saturated carbocycles. The van der Waals surface area contributed by atoms with Gasteiger partial charge in [-0.15, -0.1) is 24.0 Å². The lowest BCUT2D eigenvalue weighted by Gasteiger charge is -2.58. The Morgan fingerprint density at radius 1 is 1.10 bits per heavy atom. The van der Waals surface area contributed by atoms with Gasteiger partial charge in [0.1, 0.15) is 0 Å². The van der Waals surface area contributed by atoms with Gasteiger partial charge in [0, 0.05) is 50.2 Å². The van der Waals surface area contributed by atoms with E-state index < -0.39 is 0 Å². The zero-order valence-electron chi connectivity index (χ0n) is 20.1. The van der Waals surface area contributed by atoms with Crippen LogP contribution in [0.1, 0.15) is 85.0 Å². The first kappa shape index (κ1) is 26.7. The van der Waals surface area contributed by atoms with Gasteiger partial charge in [-0.3, -0.25) is 9.79 Å². The smallest absolute Gasteiger partial charge is 0.225 e. The number of piperidine rings is 1. The minimum atomic E-state index is 0. The number of nitrogens with one attached hydrogen (secondary N) is 2. The van der Waals surface area contributed by atoms with Crippen LogP contribution >= 0.6 is 24.0 Å². The molecule has 1 amide bonds. The van der Waals surface area contributed by atoms with Gasteiger partial charge in [0.15, 0.2) is 5.96 Å². The van der Waals surface area contributed by atoms with Crippen LogP contribution in [0.15, 0.2) is 4.99 Å². The lowest BCUT2D eigenvalue weighted by Crippen LogP contribution is -2.67. The van der Waals surface area contributed by atoms with Gasteiger partial charge in [-0.2, -0.15) is 0 Å². The molecule has 1 saturated heterocycles. The summed E-state index contributed by atoms with van der Waals surface area (Å²) in [6, 6.07) is 0.837. The van der Waals surface area contributed by atoms with Gasteiger partial charge in [-0.05, 0) is 51.9 Å². The third kappa shape index (κ3) is 6.06. The third-order valence-corrected chi connectivity index (χ3v) is 7.95. The van der Waals surface area contributed by atoms with Crippen LogP contribution in [-0.2, 0) is 9.53 Å². The molecule has 2 atom stereocenters. The summed E-state index contributed by atoms with van der Waals surface area (Å²) in [6.45, 7) is 8.85. The fourth-order valence-electron chi connectivity index (χ4n) is 5.94. The molecule has 31 heavy (non-hydrogen) atoms. The molecule has 7 heteroatoms. The Labute approximate surface area is 206 Å². The summed E-state index contributed by atoms with van der Waals surface area (Å²) in [5, 5.41) is 7.40. The Morgan fingerprint density at radius 2 is 1.74 bits per heavy atom. The van der Waals surface area contributed by atoms with E-state index in [1.807, 2.05) is 7.05 Å². The number of hydrogen-bond donors (Lipinski definition) is 2. The van der Waals surface area contributed by atoms with Crippen molar-refractivity contribution in [3.05, 3.63) is 0 Å². The molecular weight excluding hydrogens is 503 g/mol. The van der Waals surface area contributed by atoms with Crippen LogP contribution in [0.4, 0.5) is 0 Å². The molecule has 3 aliphatic rings. The normalized spacial score (nSPS) is 26.4. The monoisotopic (exact) mass is 548 g/mol. The van der Waals surface area contributed by atoms with E-state index in [4.69, 9.17) is 4.74 Å². The van der Waals surface area contributed by atoms with E-state index in [2.05, 4.69) is 41.3 Å². The Balaban J connectivity index is 0.00000341. The predicted molar refractivity (Wildman–Crippen MR) is 138 cm³/mol. The molecule has 0 radical (unpaired) electrons. The third-order valence-electron chi connectivity index (χ3n) is 7.95. The quantitative estimate of drug-likeness (QED) is 0.283. The van der Waals surface area contributed by atoms with Gasteiger partial charge >= 0.3 is 0 Å². The maximum atomic E-state index is 12.7. The summed E-state index contributed by atoms with van der Waals surface area (Å²) in [5.41, 5.74) is 0.289. The Morgan fingerprint density at radius 3 is 2.29 bits per heavy atom. The highest BCUT2D eigenvalue weighted by Gasteiger charge is 2.55. The first-order valence-electron chi connectivity index (χ1n) is 12.5. The number of hydrogen-bond acceptors (Lipinski definition) is 3. The summed E-state index contributed by atoms with van der Waals surface area (Å²) >= 11 is 0. The highest BCUT2D eigenvalue weighted by Crippen LogP contribution is 2.53. The Bertz CT molecular complexity index is 582. The van der Waals surface area contributed by atoms with Crippen LogP contribution in [0.2, 0.25) is 0 Å². The average molecular weight is 549 g/mol. The molecule has 6 nitrogen and oxygen atoms in total. The summed E-state index contributed by atoms with van der Waals surface area (Å²) in [5.74, 6) is 1.45. The van der Waals surface area contributed by atoms with Gasteiger partial charge in [-0.25, -0.2) is 0 Å². The maximum absolute atomic E-state index is 12.7. The highest BCUT2D eigenvalue weighted by molar-refractivity contribution is 14.0. The van der Waals surface area contributed by atoms with Gasteiger partial charge in [0.05, 0.1) is 6.10 Å². The predicted octanol–water partition coefficient (Wildman–Crippen LogP) is 4.32. The number of carbonyl (C=O) groups excluding carboxylic acids is 1. The zero-order chi connectivity index (χ0) is 21.6. The second kappa shape index (κ2) is 12.6. The van der Waals surface area contributed by atoms with Gasteiger partial charge in [0.2, 0.25) is 5.91 Å². The topological polar surface area (TPSA) is 66.0 Å². The fourth-order valence-corrected chi connectivity index (χ4v) is 5.94. The number of guanidine groups is 1. The molecule has 180 valence electrons. The summed E-state index contributed by atoms with van der Waals surface area (Å²) in [6.07, 6.45) is 11.9. The first-order chi connectivity index (χ1) is 14.6. The van der Waals surface area contributed by atoms with Crippen LogP contribution < -0.4 is 10.6 Å². The van der Waals surface area contributed by atoms with Crippen molar-refractivity contribution in [1.82, 2.24) is 15.5 Å². The van der Waals surface area contributed by atoms with Gasteiger partial charge in [-0.1, -0.05) is 33.1 Å². The fraction of sp³-hybridized carbons (Fsp3) is 0.917. The lowest BCUT2D eigenvalue weighted by molar-refractivity contribution is -0.145. The number of amides is 1. The number of nitrogens with zero attached hydrogens (tertiary/aromatic N) is 2. The first-order valence-corrected chi connectivity index (χ1v) is 12.5. The highest BCUT2D eigenvalue weighted by atomic mass is 127. The molecule has 3 fully saturated rings. The van der Waals surface area contributed by atoms with E-state index in [9.17, 15) is 4.79 Å². The molecule has 0 bridgehead atoms. The van der Waals surface area contributed by atoms with Crippen molar-refractivity contribution in [3.8, 4) is 0 Å². The SMILES string of the molecule is CCOC1CC(NC(=NC)NC2CCN(C(=O)C(CC)CC)CC2)C12CCCCC2.I. The minimum absolute atomic E-state index is 0. The standard InChI is InChI=1S/C24H44N4O2.HI/c1-5-18(6-2)22(29)28-15-11-19(12-16-28)26-23(25-4)27-20-17-21(30-7-3)24(20)13-9-8-10-14-24;/h18-21H,5-17H2,1-4H3,(H2,25,26,27);1H. The van der Waals surface area contributed by atoms with Gasteiger partial charge < -0.3 is 20.3 Å². The number of rotatable bonds is 7. The van der Waals surface area contributed by atoms with Crippen molar-refractivity contribution in [1.29, 1.82) is 0 Å². The minimum Gasteiger partial charge on any atom is -0.378 e. The molecular formula is C24H45IN4O2. The number of ether oxygens (including phenoxy) is 1. The molecule has 1 spiro atoms. The lowest BCUT2D eigenvalue weighted by atomic mass is 9.55. The molecule has 0 aromatic rings. The average Bonchev–Trinajstić information content (AvgIpc) is 2.79. The molecule has 2 N–H and O–H groups in total. The van der Waals surface area contributed by atoms with Crippen molar-refractivity contribution in [2.75, 3.05) is 26.7 Å². The van der Waals surface area contributed by atoms with E-state index in [1.165, 1.54) is 32.1 Å². The van der Waals surface area contributed by atoms with E-state index in [0.29, 0.717) is 24.1 Å². The second-order valence-corrected chi connectivity index (χ2v) is 9.50. The maximum Gasteiger partial charge on any atom is 0.225 e. The number of carbonyl (C=O) groups is 1. The Kier molecular flexibility index (Phi) is 10.9. The molecule has 0 aromatic carbocycles. The molecule has 3 rings (SSSR count). The van der Waals surface area contributed by atoms with E-state index in [0.717, 1.165) is 57.8 Å². The van der Waals surface area contributed by atoms with Gasteiger partial charge in [0.25, 0.3) is 0 Å². The van der Waals surface area contributed by atoms with Crippen LogP contribution in [0.5, 0.6) is 0 Å². The van der Waals surface area contributed by atoms with E-state index >= 15 is 0 Å². The summed E-state index contributed by atoms with van der Waals surface area (Å²) in [4.78, 5) is 19.3. The molecule has 1 heterocycles. The Hall–Kier alpha value is -0.570. The zero-order valence-corrected chi connectivity index (χ0v) is 22.5. The molecule has 0 aromatic heterocycles. The summed E-state index contributed by atoms with van der Waals surface area (Å²) in [7, 11) is 1.87. The van der Waals surface area contributed by atoms with Crippen molar-refractivity contribution in [2.24, 2.45) is 16.3 Å². The largest absolute Gasteiger partial charge is 0.378 e. The van der Waals surface area contributed by atoms with Crippen molar-refractivity contribution in [2.45, 2.75) is 103 Å². The molecule has 2 aliphatic carbocycles. The van der Waals surface area contributed by atoms with Crippen LogP contribution in [-0.4, -0.2) is 61.7 Å². The molecule has 2 unspecified atom stereocenters. The van der Waals surface area contributed by atoms with Crippen molar-refractivity contribution >= 4 is 35.8 Å². The number of aliphatic imine (C=N–C) groups is 1. The van der Waals surface area contributed by atoms with Crippen molar-refractivity contribution in [3.63, 3.8) is 0 Å².